The van der Waals surface area contributed by atoms with E-state index in [2.05, 4.69) is 21.2 Å². The van der Waals surface area contributed by atoms with Crippen molar-refractivity contribution >= 4 is 21.7 Å². The van der Waals surface area contributed by atoms with Crippen LogP contribution in [0.3, 0.4) is 0 Å². The van der Waals surface area contributed by atoms with Gasteiger partial charge in [-0.25, -0.2) is 0 Å². The molecule has 0 saturated carbocycles. The molecule has 1 N–H and O–H groups in total. The Morgan fingerprint density at radius 2 is 2.44 bits per heavy atom. The Labute approximate surface area is 115 Å². The zero-order valence-electron chi connectivity index (χ0n) is 10.2. The first kappa shape index (κ1) is 13.5. The average Bonchev–Trinajstić information content (AvgIpc) is 2.40. The number of methoxy groups -OCH3 is 1. The van der Waals surface area contributed by atoms with Crippen LogP contribution >= 0.6 is 15.9 Å². The number of ketones is 1. The largest absolute Gasteiger partial charge is 0.496 e. The lowest BCUT2D eigenvalue weighted by atomic mass is 10.0. The first-order valence-corrected chi connectivity index (χ1v) is 6.69. The number of ether oxygens (including phenoxy) is 2. The molecule has 0 radical (unpaired) electrons. The number of nitrogens with one attached hydrogen (secondary N) is 1. The molecule has 1 saturated heterocycles. The molecule has 0 aromatic heterocycles. The molecule has 2 rings (SSSR count). The standard InChI is InChI=1S/C13H16BrNO3/c1-17-13-3-2-9(14)6-11(13)12(16)7-10-8-15-4-5-18-10/h2-3,6,10,15H,4-5,7-8H2,1H3. The Hall–Kier alpha value is -0.910. The predicted octanol–water partition coefficient (Wildman–Crippen LogP) is 2.02. The smallest absolute Gasteiger partial charge is 0.169 e. The molecule has 98 valence electrons. The summed E-state index contributed by atoms with van der Waals surface area (Å²) in [6.07, 6.45) is 0.328. The van der Waals surface area contributed by atoms with Crippen LogP contribution in [0.5, 0.6) is 5.75 Å². The number of halogens is 1. The SMILES string of the molecule is COc1ccc(Br)cc1C(=O)CC1CNCCO1. The van der Waals surface area contributed by atoms with Crippen LogP contribution in [-0.2, 0) is 4.74 Å². The first-order chi connectivity index (χ1) is 8.70. The number of carbonyl (C=O) groups is 1. The van der Waals surface area contributed by atoms with Crippen LogP contribution in [0.15, 0.2) is 22.7 Å². The maximum absolute atomic E-state index is 12.2. The van der Waals surface area contributed by atoms with Gasteiger partial charge in [-0.1, -0.05) is 15.9 Å². The topological polar surface area (TPSA) is 47.6 Å². The summed E-state index contributed by atoms with van der Waals surface area (Å²) in [6.45, 7) is 2.24. The van der Waals surface area contributed by atoms with E-state index in [-0.39, 0.29) is 11.9 Å². The van der Waals surface area contributed by atoms with Crippen molar-refractivity contribution in [3.8, 4) is 5.75 Å². The fraction of sp³-hybridized carbons (Fsp3) is 0.462. The molecule has 0 aliphatic carbocycles. The van der Waals surface area contributed by atoms with Crippen molar-refractivity contribution in [3.05, 3.63) is 28.2 Å². The van der Waals surface area contributed by atoms with Crippen molar-refractivity contribution in [2.75, 3.05) is 26.8 Å². The van der Waals surface area contributed by atoms with Crippen LogP contribution in [-0.4, -0.2) is 38.7 Å². The summed E-state index contributed by atoms with van der Waals surface area (Å²) in [5, 5.41) is 3.21. The third kappa shape index (κ3) is 3.31. The molecule has 18 heavy (non-hydrogen) atoms. The van der Waals surface area contributed by atoms with Crippen molar-refractivity contribution in [3.63, 3.8) is 0 Å². The zero-order valence-corrected chi connectivity index (χ0v) is 11.8. The molecule has 1 heterocycles. The van der Waals surface area contributed by atoms with Gasteiger partial charge in [-0.3, -0.25) is 4.79 Å². The fourth-order valence-corrected chi connectivity index (χ4v) is 2.33. The Kier molecular flexibility index (Phi) is 4.74. The van der Waals surface area contributed by atoms with Gasteiger partial charge in [0.25, 0.3) is 0 Å². The van der Waals surface area contributed by atoms with Crippen LogP contribution in [0.1, 0.15) is 16.8 Å². The Morgan fingerprint density at radius 3 is 3.11 bits per heavy atom. The minimum atomic E-state index is -0.0464. The highest BCUT2D eigenvalue weighted by atomic mass is 79.9. The molecule has 4 nitrogen and oxygen atoms in total. The molecular weight excluding hydrogens is 298 g/mol. The van der Waals surface area contributed by atoms with Crippen LogP contribution in [0.25, 0.3) is 0 Å². The molecule has 5 heteroatoms. The van der Waals surface area contributed by atoms with E-state index in [0.717, 1.165) is 17.6 Å². The summed E-state index contributed by atoms with van der Waals surface area (Å²) in [7, 11) is 1.57. The van der Waals surface area contributed by atoms with E-state index in [4.69, 9.17) is 9.47 Å². The van der Waals surface area contributed by atoms with Gasteiger partial charge in [-0.05, 0) is 18.2 Å². The second-order valence-corrected chi connectivity index (χ2v) is 5.08. The van der Waals surface area contributed by atoms with Gasteiger partial charge in [0.15, 0.2) is 5.78 Å². The number of carbonyl (C=O) groups excluding carboxylic acids is 1. The van der Waals surface area contributed by atoms with E-state index >= 15 is 0 Å². The molecule has 1 fully saturated rings. The van der Waals surface area contributed by atoms with Gasteiger partial charge in [0, 0.05) is 24.0 Å². The van der Waals surface area contributed by atoms with Crippen molar-refractivity contribution in [1.82, 2.24) is 5.32 Å². The highest BCUT2D eigenvalue weighted by molar-refractivity contribution is 9.10. The number of hydrogen-bond acceptors (Lipinski definition) is 4. The number of rotatable bonds is 4. The molecule has 0 bridgehead atoms. The normalized spacial score (nSPS) is 19.6. The molecule has 1 unspecified atom stereocenters. The van der Waals surface area contributed by atoms with Gasteiger partial charge in [-0.15, -0.1) is 0 Å². The van der Waals surface area contributed by atoms with Gasteiger partial charge in [-0.2, -0.15) is 0 Å². The minimum Gasteiger partial charge on any atom is -0.496 e. The first-order valence-electron chi connectivity index (χ1n) is 5.90. The Bertz CT molecular complexity index is 430. The summed E-state index contributed by atoms with van der Waals surface area (Å²) in [6, 6.07) is 5.43. The van der Waals surface area contributed by atoms with E-state index in [0.29, 0.717) is 24.3 Å². The van der Waals surface area contributed by atoms with Gasteiger partial charge in [0.1, 0.15) is 5.75 Å². The Morgan fingerprint density at radius 1 is 1.61 bits per heavy atom. The monoisotopic (exact) mass is 313 g/mol. The zero-order chi connectivity index (χ0) is 13.0. The van der Waals surface area contributed by atoms with Gasteiger partial charge >= 0.3 is 0 Å². The number of benzene rings is 1. The maximum atomic E-state index is 12.2. The second-order valence-electron chi connectivity index (χ2n) is 4.17. The second kappa shape index (κ2) is 6.31. The number of morpholine rings is 1. The van der Waals surface area contributed by atoms with Crippen LogP contribution < -0.4 is 10.1 Å². The molecule has 0 amide bonds. The van der Waals surface area contributed by atoms with E-state index in [1.807, 2.05) is 6.07 Å². The van der Waals surface area contributed by atoms with Gasteiger partial charge < -0.3 is 14.8 Å². The predicted molar refractivity (Wildman–Crippen MR) is 72.3 cm³/mol. The summed E-state index contributed by atoms with van der Waals surface area (Å²) in [5.74, 6) is 0.647. The summed E-state index contributed by atoms with van der Waals surface area (Å²) in [4.78, 5) is 12.2. The van der Waals surface area contributed by atoms with E-state index in [9.17, 15) is 4.79 Å². The van der Waals surface area contributed by atoms with E-state index in [1.54, 1.807) is 19.2 Å². The lowest BCUT2D eigenvalue weighted by Gasteiger charge is -2.23. The van der Waals surface area contributed by atoms with Crippen LogP contribution in [0.4, 0.5) is 0 Å². The minimum absolute atomic E-state index is 0.0434. The molecule has 1 aromatic rings. The quantitative estimate of drug-likeness (QED) is 0.864. The number of Topliss-reactive ketones (excluding diaryl/α,β-unsaturated/α-hetero) is 1. The number of hydrogen-bond donors (Lipinski definition) is 1. The lowest BCUT2D eigenvalue weighted by molar-refractivity contribution is 0.0239. The highest BCUT2D eigenvalue weighted by Gasteiger charge is 2.20. The molecule has 1 aromatic carbocycles. The molecule has 0 spiro atoms. The van der Waals surface area contributed by atoms with Crippen LogP contribution in [0, 0.1) is 0 Å². The van der Waals surface area contributed by atoms with Crippen molar-refractivity contribution in [2.45, 2.75) is 12.5 Å². The third-order valence-corrected chi connectivity index (χ3v) is 3.37. The van der Waals surface area contributed by atoms with E-state index in [1.165, 1.54) is 0 Å². The molecule has 1 aliphatic heterocycles. The highest BCUT2D eigenvalue weighted by Crippen LogP contribution is 2.25. The van der Waals surface area contributed by atoms with Gasteiger partial charge in [0.2, 0.25) is 0 Å². The lowest BCUT2D eigenvalue weighted by Crippen LogP contribution is -2.39. The third-order valence-electron chi connectivity index (χ3n) is 2.88. The van der Waals surface area contributed by atoms with Crippen molar-refractivity contribution < 1.29 is 14.3 Å². The fourth-order valence-electron chi connectivity index (χ4n) is 1.97. The summed E-state index contributed by atoms with van der Waals surface area (Å²) < 4.78 is 11.6. The molecular formula is C13H16BrNO3. The van der Waals surface area contributed by atoms with Crippen molar-refractivity contribution in [1.29, 1.82) is 0 Å². The van der Waals surface area contributed by atoms with E-state index < -0.39 is 0 Å². The maximum Gasteiger partial charge on any atom is 0.169 e. The summed E-state index contributed by atoms with van der Waals surface area (Å²) in [5.41, 5.74) is 0.598. The molecule has 1 atom stereocenters. The molecule has 1 aliphatic rings. The Balaban J connectivity index is 2.09. The average molecular weight is 314 g/mol. The summed E-state index contributed by atoms with van der Waals surface area (Å²) >= 11 is 3.37. The van der Waals surface area contributed by atoms with Crippen LogP contribution in [0.2, 0.25) is 0 Å². The van der Waals surface area contributed by atoms with Crippen molar-refractivity contribution in [2.24, 2.45) is 0 Å². The van der Waals surface area contributed by atoms with Gasteiger partial charge in [0.05, 0.1) is 25.4 Å².